The van der Waals surface area contributed by atoms with Gasteiger partial charge in [0.05, 0.1) is 25.2 Å². The lowest BCUT2D eigenvalue weighted by molar-refractivity contribution is -0.146. The smallest absolute Gasteiger partial charge is 0.285 e. The first-order valence-corrected chi connectivity index (χ1v) is 15.0. The van der Waals surface area contributed by atoms with Crippen molar-refractivity contribution in [1.82, 2.24) is 9.62 Å². The molecule has 0 bridgehead atoms. The Morgan fingerprint density at radius 1 is 1.05 bits per heavy atom. The first-order chi connectivity index (χ1) is 19.8. The fourth-order valence-corrected chi connectivity index (χ4v) is 6.73. The minimum absolute atomic E-state index is 0.00439. The molecule has 1 amide bonds. The van der Waals surface area contributed by atoms with Crippen LogP contribution in [-0.4, -0.2) is 70.5 Å². The summed E-state index contributed by atoms with van der Waals surface area (Å²) in [5.74, 6) is 0.209. The molecule has 1 aliphatic carbocycles. The van der Waals surface area contributed by atoms with E-state index in [0.717, 1.165) is 12.0 Å². The fraction of sp³-hybridized carbons (Fsp3) is 0.323. The number of aliphatic hydroxyl groups excluding tert-OH is 1. The highest BCUT2D eigenvalue weighted by atomic mass is 32.2. The zero-order valence-electron chi connectivity index (χ0n) is 23.1. The van der Waals surface area contributed by atoms with E-state index < -0.39 is 16.3 Å². The van der Waals surface area contributed by atoms with Crippen molar-refractivity contribution in [1.29, 1.82) is 0 Å². The number of ether oxygens (including phenoxy) is 3. The molecule has 2 aliphatic rings. The number of nitrogens with one attached hydrogen (secondary N) is 1. The average molecular weight is 579 g/mol. The highest BCUT2D eigenvalue weighted by molar-refractivity contribution is 7.89. The molecule has 0 saturated carbocycles. The molecule has 0 saturated heterocycles. The minimum Gasteiger partial charge on any atom is -0.497 e. The van der Waals surface area contributed by atoms with Crippen molar-refractivity contribution < 1.29 is 32.5 Å². The van der Waals surface area contributed by atoms with Gasteiger partial charge in [-0.3, -0.25) is 4.79 Å². The number of methoxy groups -OCH3 is 1. The summed E-state index contributed by atoms with van der Waals surface area (Å²) >= 11 is 0. The molecular formula is C31H34N2O7S. The molecule has 41 heavy (non-hydrogen) atoms. The quantitative estimate of drug-likeness (QED) is 0.280. The molecule has 0 fully saturated rings. The number of aliphatic hydroxyl groups is 1. The van der Waals surface area contributed by atoms with Crippen molar-refractivity contribution in [2.24, 2.45) is 0 Å². The van der Waals surface area contributed by atoms with Gasteiger partial charge in [0, 0.05) is 32.5 Å². The van der Waals surface area contributed by atoms with Crippen LogP contribution in [0, 0.1) is 0 Å². The third kappa shape index (κ3) is 6.15. The van der Waals surface area contributed by atoms with Gasteiger partial charge in [0.15, 0.2) is 5.76 Å². The van der Waals surface area contributed by atoms with Gasteiger partial charge in [-0.15, -0.1) is 0 Å². The molecule has 216 valence electrons. The number of carbonyl (C=O) groups excluding carboxylic acids is 1. The van der Waals surface area contributed by atoms with Crippen LogP contribution in [0.15, 0.2) is 83.5 Å². The Morgan fingerprint density at radius 2 is 1.80 bits per heavy atom. The summed E-state index contributed by atoms with van der Waals surface area (Å²) in [6.45, 7) is -0.432. The first-order valence-electron chi connectivity index (χ1n) is 13.5. The molecule has 3 aromatic carbocycles. The number of nitrogens with zero attached hydrogens (tertiary/aromatic N) is 1. The normalized spacial score (nSPS) is 17.8. The van der Waals surface area contributed by atoms with Crippen molar-refractivity contribution in [3.8, 4) is 16.9 Å². The first kappa shape index (κ1) is 28.8. The van der Waals surface area contributed by atoms with Gasteiger partial charge in [-0.05, 0) is 64.6 Å². The van der Waals surface area contributed by atoms with E-state index in [1.807, 2.05) is 18.2 Å². The zero-order valence-corrected chi connectivity index (χ0v) is 23.9. The number of hydrogen-bond donors (Lipinski definition) is 2. The number of rotatable bonds is 11. The highest BCUT2D eigenvalue weighted by Crippen LogP contribution is 2.39. The third-order valence-electron chi connectivity index (χ3n) is 7.45. The standard InChI is InChI=1S/C31H34N2O7S/c1-32-31(35)29-19-23(21-7-12-28-24(17-21)18-22-5-3-4-6-27(22)28)20-30(40-29)39-16-14-33(13-15-34)41(36,37)26-10-8-25(38-2)9-11-26/h3-12,17,19,23,30,34H,13-16,18,20H2,1-2H3,(H,32,35)/t23-,30+/m1/s1. The van der Waals surface area contributed by atoms with Gasteiger partial charge < -0.3 is 24.6 Å². The number of fused-ring (bicyclic) bond motifs is 3. The summed E-state index contributed by atoms with van der Waals surface area (Å²) in [6.07, 6.45) is 2.37. The predicted molar refractivity (Wildman–Crippen MR) is 154 cm³/mol. The average Bonchev–Trinajstić information content (AvgIpc) is 3.38. The molecule has 0 radical (unpaired) electrons. The second-order valence-electron chi connectivity index (χ2n) is 9.92. The van der Waals surface area contributed by atoms with Gasteiger partial charge in [-0.1, -0.05) is 42.5 Å². The lowest BCUT2D eigenvalue weighted by Gasteiger charge is -2.30. The molecule has 0 unspecified atom stereocenters. The van der Waals surface area contributed by atoms with E-state index in [4.69, 9.17) is 14.2 Å². The number of hydrogen-bond acceptors (Lipinski definition) is 7. The monoisotopic (exact) mass is 578 g/mol. The molecule has 5 rings (SSSR count). The van der Waals surface area contributed by atoms with Crippen LogP contribution < -0.4 is 10.1 Å². The van der Waals surface area contributed by atoms with Crippen LogP contribution in [0.3, 0.4) is 0 Å². The van der Waals surface area contributed by atoms with E-state index in [0.29, 0.717) is 12.2 Å². The molecular weight excluding hydrogens is 544 g/mol. The van der Waals surface area contributed by atoms with Crippen molar-refractivity contribution in [2.45, 2.75) is 29.9 Å². The van der Waals surface area contributed by atoms with E-state index in [-0.39, 0.29) is 48.8 Å². The summed E-state index contributed by atoms with van der Waals surface area (Å²) < 4.78 is 44.6. The maximum Gasteiger partial charge on any atom is 0.285 e. The van der Waals surface area contributed by atoms with Crippen LogP contribution in [0.2, 0.25) is 0 Å². The number of carbonyl (C=O) groups is 1. The Hall–Kier alpha value is -3.70. The fourth-order valence-electron chi connectivity index (χ4n) is 5.32. The van der Waals surface area contributed by atoms with E-state index >= 15 is 0 Å². The summed E-state index contributed by atoms with van der Waals surface area (Å²) in [4.78, 5) is 12.6. The minimum atomic E-state index is -3.88. The number of allylic oxidation sites excluding steroid dienone is 1. The van der Waals surface area contributed by atoms with E-state index in [1.165, 1.54) is 52.8 Å². The van der Waals surface area contributed by atoms with E-state index in [9.17, 15) is 18.3 Å². The second kappa shape index (κ2) is 12.4. The van der Waals surface area contributed by atoms with Crippen molar-refractivity contribution in [3.05, 3.63) is 95.3 Å². The van der Waals surface area contributed by atoms with Crippen LogP contribution in [-0.2, 0) is 30.7 Å². The number of sulfonamides is 1. The molecule has 1 heterocycles. The van der Waals surface area contributed by atoms with Crippen LogP contribution in [0.25, 0.3) is 11.1 Å². The van der Waals surface area contributed by atoms with E-state index in [2.05, 4.69) is 35.6 Å². The van der Waals surface area contributed by atoms with Crippen molar-refractivity contribution >= 4 is 15.9 Å². The van der Waals surface area contributed by atoms with Gasteiger partial charge in [0.25, 0.3) is 5.91 Å². The van der Waals surface area contributed by atoms with Crippen molar-refractivity contribution in [2.75, 3.05) is 40.5 Å². The SMILES string of the molecule is CNC(=O)C1=C[C@@H](c2ccc3c(c2)Cc2ccccc2-3)C[C@@H](OCCN(CCO)S(=O)(=O)c2ccc(OC)cc2)O1. The molecule has 0 spiro atoms. The molecule has 1 aliphatic heterocycles. The second-order valence-corrected chi connectivity index (χ2v) is 11.9. The van der Waals surface area contributed by atoms with Crippen molar-refractivity contribution in [3.63, 3.8) is 0 Å². The zero-order chi connectivity index (χ0) is 29.0. The Bertz CT molecular complexity index is 1540. The maximum absolute atomic E-state index is 13.2. The van der Waals surface area contributed by atoms with Crippen LogP contribution in [0.1, 0.15) is 29.0 Å². The molecule has 10 heteroatoms. The van der Waals surface area contributed by atoms with Gasteiger partial charge in [-0.25, -0.2) is 8.42 Å². The summed E-state index contributed by atoms with van der Waals surface area (Å²) in [7, 11) is -0.838. The summed E-state index contributed by atoms with van der Waals surface area (Å²) in [5, 5.41) is 12.1. The van der Waals surface area contributed by atoms with E-state index in [1.54, 1.807) is 12.1 Å². The molecule has 2 atom stereocenters. The third-order valence-corrected chi connectivity index (χ3v) is 9.36. The number of benzene rings is 3. The van der Waals surface area contributed by atoms with Gasteiger partial charge in [-0.2, -0.15) is 4.31 Å². The number of likely N-dealkylation sites (N-methyl/N-ethyl adjacent to an activating group) is 1. The Balaban J connectivity index is 1.29. The van der Waals surface area contributed by atoms with Gasteiger partial charge in [0.1, 0.15) is 5.75 Å². The Labute approximate surface area is 240 Å². The van der Waals surface area contributed by atoms with Crippen LogP contribution >= 0.6 is 0 Å². The molecule has 2 N–H and O–H groups in total. The van der Waals surface area contributed by atoms with Gasteiger partial charge >= 0.3 is 0 Å². The summed E-state index contributed by atoms with van der Waals surface area (Å²) in [6, 6.07) is 20.8. The largest absolute Gasteiger partial charge is 0.497 e. The topological polar surface area (TPSA) is 114 Å². The lowest BCUT2D eigenvalue weighted by Crippen LogP contribution is -2.38. The number of amides is 1. The Morgan fingerprint density at radius 3 is 2.54 bits per heavy atom. The Kier molecular flexibility index (Phi) is 8.74. The van der Waals surface area contributed by atoms with Gasteiger partial charge in [0.2, 0.25) is 16.3 Å². The highest BCUT2D eigenvalue weighted by Gasteiger charge is 2.30. The molecule has 9 nitrogen and oxygen atoms in total. The van der Waals surface area contributed by atoms with Crippen LogP contribution in [0.5, 0.6) is 5.75 Å². The van der Waals surface area contributed by atoms with Crippen LogP contribution in [0.4, 0.5) is 0 Å². The summed E-state index contributed by atoms with van der Waals surface area (Å²) in [5.41, 5.74) is 6.07. The molecule has 3 aromatic rings. The molecule has 0 aromatic heterocycles. The maximum atomic E-state index is 13.2. The predicted octanol–water partition coefficient (Wildman–Crippen LogP) is 3.43. The lowest BCUT2D eigenvalue weighted by atomic mass is 9.90.